The van der Waals surface area contributed by atoms with E-state index in [9.17, 15) is 0 Å². The molecule has 0 bridgehead atoms. The third-order valence-electron chi connectivity index (χ3n) is 9.28. The second kappa shape index (κ2) is 13.8. The zero-order chi connectivity index (χ0) is 24.5. The third kappa shape index (κ3) is 7.54. The summed E-state index contributed by atoms with van der Waals surface area (Å²) in [5.74, 6) is 2.13. The van der Waals surface area contributed by atoms with Crippen molar-refractivity contribution in [3.63, 3.8) is 0 Å². The molecule has 1 saturated carbocycles. The Labute approximate surface area is 216 Å². The lowest BCUT2D eigenvalue weighted by molar-refractivity contribution is 0.302. The van der Waals surface area contributed by atoms with E-state index >= 15 is 4.39 Å². The second-order valence-electron chi connectivity index (χ2n) is 11.8. The minimum absolute atomic E-state index is 0.0427. The minimum Gasteiger partial charge on any atom is -0.206 e. The summed E-state index contributed by atoms with van der Waals surface area (Å²) in [6.45, 7) is 4.59. The fourth-order valence-electron chi connectivity index (χ4n) is 6.89. The number of benzene rings is 2. The summed E-state index contributed by atoms with van der Waals surface area (Å²) in [6, 6.07) is 19.6. The molecule has 1 heterocycles. The van der Waals surface area contributed by atoms with Crippen LogP contribution < -0.4 is 0 Å². The molecule has 1 saturated heterocycles. The lowest BCUT2D eigenvalue weighted by Crippen LogP contribution is -2.20. The standard InChI is InChI=1S/C33H49FSi/c1-3-5-7-9-26-10-12-28(13-11-26)31-18-19-32(33(34)25-31)30-16-14-27(15-17-30)29-20-23-35(24-21-29)22-8-6-4-2/h14-19,25-26,28-29,35H,3-13,20-24H2,1-2H3. The largest absolute Gasteiger partial charge is 0.206 e. The molecule has 192 valence electrons. The molecule has 2 aromatic carbocycles. The van der Waals surface area contributed by atoms with Gasteiger partial charge in [0.15, 0.2) is 0 Å². The number of unbranched alkanes of at least 4 members (excludes halogenated alkanes) is 4. The van der Waals surface area contributed by atoms with Crippen molar-refractivity contribution >= 4 is 8.80 Å². The van der Waals surface area contributed by atoms with Gasteiger partial charge in [0.1, 0.15) is 5.82 Å². The van der Waals surface area contributed by atoms with E-state index in [1.54, 1.807) is 6.04 Å². The quantitative estimate of drug-likeness (QED) is 0.216. The first-order chi connectivity index (χ1) is 17.2. The van der Waals surface area contributed by atoms with E-state index in [1.807, 2.05) is 12.1 Å². The van der Waals surface area contributed by atoms with E-state index in [4.69, 9.17) is 0 Å². The van der Waals surface area contributed by atoms with Crippen molar-refractivity contribution in [1.82, 2.24) is 0 Å². The smallest absolute Gasteiger partial charge is 0.131 e. The molecule has 2 aromatic rings. The van der Waals surface area contributed by atoms with Gasteiger partial charge in [-0.15, -0.1) is 0 Å². The van der Waals surface area contributed by atoms with Crippen LogP contribution in [0.1, 0.15) is 120 Å². The van der Waals surface area contributed by atoms with E-state index in [0.717, 1.165) is 23.0 Å². The molecule has 0 atom stereocenters. The highest BCUT2D eigenvalue weighted by Crippen LogP contribution is 2.40. The molecule has 35 heavy (non-hydrogen) atoms. The van der Waals surface area contributed by atoms with Gasteiger partial charge in [0, 0.05) is 14.4 Å². The zero-order valence-corrected chi connectivity index (χ0v) is 23.7. The lowest BCUT2D eigenvalue weighted by atomic mass is 9.77. The molecule has 1 aliphatic heterocycles. The van der Waals surface area contributed by atoms with Crippen molar-refractivity contribution in [2.45, 2.75) is 127 Å². The molecular weight excluding hydrogens is 443 g/mol. The topological polar surface area (TPSA) is 0 Å². The maximum absolute atomic E-state index is 15.2. The monoisotopic (exact) mass is 492 g/mol. The van der Waals surface area contributed by atoms with Gasteiger partial charge in [-0.3, -0.25) is 0 Å². The first kappa shape index (κ1) is 26.6. The van der Waals surface area contributed by atoms with Crippen LogP contribution in [0.2, 0.25) is 18.1 Å². The SMILES string of the molecule is CCCCCC1CCC(c2ccc(-c3ccc(C4CC[SiH](CCCCC)CC4)cc3)c(F)c2)CC1. The molecule has 0 spiro atoms. The van der Waals surface area contributed by atoms with Crippen molar-refractivity contribution in [2.24, 2.45) is 5.92 Å². The predicted octanol–water partition coefficient (Wildman–Crippen LogP) is 10.6. The van der Waals surface area contributed by atoms with Gasteiger partial charge in [0.2, 0.25) is 0 Å². The maximum atomic E-state index is 15.2. The van der Waals surface area contributed by atoms with Gasteiger partial charge >= 0.3 is 0 Å². The van der Waals surface area contributed by atoms with Crippen LogP contribution in [0.3, 0.4) is 0 Å². The Balaban J connectivity index is 1.30. The Hall–Kier alpha value is -1.41. The molecule has 2 fully saturated rings. The summed E-state index contributed by atoms with van der Waals surface area (Å²) in [5, 5.41) is 0. The van der Waals surface area contributed by atoms with Crippen molar-refractivity contribution < 1.29 is 4.39 Å². The highest BCUT2D eigenvalue weighted by molar-refractivity contribution is 6.59. The van der Waals surface area contributed by atoms with Gasteiger partial charge in [-0.05, 0) is 79.0 Å². The summed E-state index contributed by atoms with van der Waals surface area (Å²) in [7, 11) is -0.463. The Morgan fingerprint density at radius 1 is 0.714 bits per heavy atom. The average molecular weight is 493 g/mol. The van der Waals surface area contributed by atoms with Gasteiger partial charge in [0.05, 0.1) is 0 Å². The molecule has 2 heteroatoms. The molecule has 0 amide bonds. The molecule has 0 nitrogen and oxygen atoms in total. The first-order valence-electron chi connectivity index (χ1n) is 15.1. The molecule has 0 aromatic heterocycles. The van der Waals surface area contributed by atoms with Crippen molar-refractivity contribution in [3.05, 3.63) is 59.4 Å². The molecular formula is C33H49FSi. The van der Waals surface area contributed by atoms with Crippen molar-refractivity contribution in [2.75, 3.05) is 0 Å². The molecule has 1 aliphatic carbocycles. The molecule has 2 aliphatic rings. The van der Waals surface area contributed by atoms with Crippen molar-refractivity contribution in [3.8, 4) is 11.1 Å². The van der Waals surface area contributed by atoms with Crippen LogP contribution in [0.25, 0.3) is 11.1 Å². The van der Waals surface area contributed by atoms with Gasteiger partial charge in [-0.2, -0.15) is 0 Å². The van der Waals surface area contributed by atoms with Crippen LogP contribution in [0.5, 0.6) is 0 Å². The number of halogens is 1. The summed E-state index contributed by atoms with van der Waals surface area (Å²) in [5.41, 5.74) is 4.48. The maximum Gasteiger partial charge on any atom is 0.131 e. The van der Waals surface area contributed by atoms with Gasteiger partial charge in [-0.1, -0.05) is 113 Å². The number of hydrogen-bond acceptors (Lipinski definition) is 0. The van der Waals surface area contributed by atoms with E-state index in [2.05, 4.69) is 44.2 Å². The van der Waals surface area contributed by atoms with E-state index in [0.29, 0.717) is 5.92 Å². The molecule has 4 rings (SSSR count). The summed E-state index contributed by atoms with van der Waals surface area (Å²) < 4.78 is 15.2. The fraction of sp³-hybridized carbons (Fsp3) is 0.636. The lowest BCUT2D eigenvalue weighted by Gasteiger charge is -2.29. The highest BCUT2D eigenvalue weighted by atomic mass is 28.3. The molecule has 0 radical (unpaired) electrons. The van der Waals surface area contributed by atoms with Crippen LogP contribution in [-0.4, -0.2) is 8.80 Å². The van der Waals surface area contributed by atoms with E-state index < -0.39 is 8.80 Å². The Kier molecular flexibility index (Phi) is 10.5. The summed E-state index contributed by atoms with van der Waals surface area (Å²) in [6.07, 6.45) is 17.6. The summed E-state index contributed by atoms with van der Waals surface area (Å²) in [4.78, 5) is 0. The Morgan fingerprint density at radius 2 is 1.34 bits per heavy atom. The van der Waals surface area contributed by atoms with Gasteiger partial charge in [-0.25, -0.2) is 4.39 Å². The van der Waals surface area contributed by atoms with Crippen LogP contribution in [0.15, 0.2) is 42.5 Å². The number of hydrogen-bond donors (Lipinski definition) is 0. The van der Waals surface area contributed by atoms with Gasteiger partial charge < -0.3 is 0 Å². The van der Waals surface area contributed by atoms with Crippen LogP contribution in [0.4, 0.5) is 4.39 Å². The van der Waals surface area contributed by atoms with Crippen molar-refractivity contribution in [1.29, 1.82) is 0 Å². The molecule has 0 N–H and O–H groups in total. The van der Waals surface area contributed by atoms with Crippen LogP contribution in [0, 0.1) is 11.7 Å². The Bertz CT molecular complexity index is 872. The van der Waals surface area contributed by atoms with Crippen LogP contribution >= 0.6 is 0 Å². The highest BCUT2D eigenvalue weighted by Gasteiger charge is 2.24. The van der Waals surface area contributed by atoms with Gasteiger partial charge in [0.25, 0.3) is 0 Å². The normalized spacial score (nSPS) is 25.0. The fourth-order valence-corrected chi connectivity index (χ4v) is 10.4. The molecule has 0 unspecified atom stereocenters. The zero-order valence-electron chi connectivity index (χ0n) is 22.5. The summed E-state index contributed by atoms with van der Waals surface area (Å²) >= 11 is 0. The third-order valence-corrected chi connectivity index (χ3v) is 12.8. The minimum atomic E-state index is -0.463. The Morgan fingerprint density at radius 3 is 2.00 bits per heavy atom. The number of rotatable bonds is 11. The van der Waals surface area contributed by atoms with E-state index in [1.165, 1.54) is 107 Å². The second-order valence-corrected chi connectivity index (χ2v) is 15.3. The van der Waals surface area contributed by atoms with Crippen LogP contribution in [-0.2, 0) is 0 Å². The first-order valence-corrected chi connectivity index (χ1v) is 17.5. The predicted molar refractivity (Wildman–Crippen MR) is 154 cm³/mol. The van der Waals surface area contributed by atoms with E-state index in [-0.39, 0.29) is 5.82 Å². The average Bonchev–Trinajstić information content (AvgIpc) is 2.90.